The minimum atomic E-state index is -4.65. The van der Waals surface area contributed by atoms with Crippen molar-refractivity contribution in [2.75, 3.05) is 16.0 Å². The number of anilines is 4. The first-order valence-corrected chi connectivity index (χ1v) is 10.6. The Kier molecular flexibility index (Phi) is 6.17. The van der Waals surface area contributed by atoms with Gasteiger partial charge in [-0.2, -0.15) is 23.1 Å². The number of aryl methyl sites for hydroxylation is 1. The molecule has 0 radical (unpaired) electrons. The molecular formula is C21H15BrClF3N6O. The predicted molar refractivity (Wildman–Crippen MR) is 125 cm³/mol. The lowest BCUT2D eigenvalue weighted by Crippen LogP contribution is -2.21. The number of hydrogen-bond acceptors (Lipinski definition) is 4. The van der Waals surface area contributed by atoms with Crippen molar-refractivity contribution >= 4 is 67.7 Å². The molecule has 2 aromatic carbocycles. The fourth-order valence-corrected chi connectivity index (χ4v) is 3.70. The maximum Gasteiger partial charge on any atom is 0.417 e. The van der Waals surface area contributed by atoms with Crippen molar-refractivity contribution < 1.29 is 18.0 Å². The van der Waals surface area contributed by atoms with E-state index >= 15 is 0 Å². The van der Waals surface area contributed by atoms with E-state index in [4.69, 9.17) is 11.6 Å². The third kappa shape index (κ3) is 5.20. The number of benzene rings is 2. The summed E-state index contributed by atoms with van der Waals surface area (Å²) in [6, 6.07) is 11.5. The maximum absolute atomic E-state index is 13.1. The number of urea groups is 1. The van der Waals surface area contributed by atoms with Crippen LogP contribution in [0.1, 0.15) is 5.56 Å². The van der Waals surface area contributed by atoms with Gasteiger partial charge in [0.1, 0.15) is 11.5 Å². The third-order valence-corrected chi connectivity index (χ3v) is 5.39. The van der Waals surface area contributed by atoms with E-state index in [2.05, 4.69) is 41.8 Å². The molecule has 12 heteroatoms. The summed E-state index contributed by atoms with van der Waals surface area (Å²) in [5, 5.41) is 8.25. The van der Waals surface area contributed by atoms with Crippen LogP contribution in [0.5, 0.6) is 0 Å². The third-order valence-electron chi connectivity index (χ3n) is 4.57. The molecular weight excluding hydrogens is 525 g/mol. The van der Waals surface area contributed by atoms with Gasteiger partial charge < -0.3 is 15.2 Å². The van der Waals surface area contributed by atoms with Crippen LogP contribution < -0.4 is 16.0 Å². The van der Waals surface area contributed by atoms with Crippen molar-refractivity contribution in [2.45, 2.75) is 6.18 Å². The molecule has 0 saturated carbocycles. The second-order valence-corrected chi connectivity index (χ2v) is 8.29. The number of nitrogens with zero attached hydrogens (tertiary/aromatic N) is 3. The number of nitrogens with one attached hydrogen (secondary N) is 3. The second kappa shape index (κ2) is 8.91. The Hall–Kier alpha value is -3.31. The number of aromatic nitrogens is 3. The number of amides is 2. The van der Waals surface area contributed by atoms with Crippen LogP contribution in [-0.4, -0.2) is 20.6 Å². The Morgan fingerprint density at radius 1 is 1.06 bits per heavy atom. The first-order valence-electron chi connectivity index (χ1n) is 9.40. The summed E-state index contributed by atoms with van der Waals surface area (Å²) in [6.45, 7) is 0. The van der Waals surface area contributed by atoms with Crippen molar-refractivity contribution in [1.82, 2.24) is 14.5 Å². The predicted octanol–water partition coefficient (Wildman–Crippen LogP) is 6.79. The highest BCUT2D eigenvalue weighted by molar-refractivity contribution is 9.10. The number of alkyl halides is 3. The average Bonchev–Trinajstić information content (AvgIpc) is 3.10. The highest BCUT2D eigenvalue weighted by Crippen LogP contribution is 2.36. The van der Waals surface area contributed by atoms with Crippen LogP contribution in [0.2, 0.25) is 5.02 Å². The van der Waals surface area contributed by atoms with Crippen LogP contribution in [0.4, 0.5) is 41.1 Å². The largest absolute Gasteiger partial charge is 0.417 e. The summed E-state index contributed by atoms with van der Waals surface area (Å²) in [5.41, 5.74) is 0.161. The summed E-state index contributed by atoms with van der Waals surface area (Å²) in [4.78, 5) is 21.2. The molecule has 0 aliphatic carbocycles. The minimum Gasteiger partial charge on any atom is -0.339 e. The van der Waals surface area contributed by atoms with Gasteiger partial charge in [0.05, 0.1) is 16.0 Å². The van der Waals surface area contributed by atoms with Gasteiger partial charge in [-0.1, -0.05) is 33.6 Å². The molecule has 7 nitrogen and oxygen atoms in total. The van der Waals surface area contributed by atoms with Crippen LogP contribution in [0, 0.1) is 0 Å². The van der Waals surface area contributed by atoms with Crippen molar-refractivity contribution in [1.29, 1.82) is 0 Å². The zero-order valence-electron chi connectivity index (χ0n) is 16.8. The molecule has 0 fully saturated rings. The summed E-state index contributed by atoms with van der Waals surface area (Å²) in [5.74, 6) is 0.407. The fraction of sp³-hybridized carbons (Fsp3) is 0.0952. The lowest BCUT2D eigenvalue weighted by molar-refractivity contribution is -0.137. The van der Waals surface area contributed by atoms with Gasteiger partial charge in [0.15, 0.2) is 0 Å². The van der Waals surface area contributed by atoms with Crippen molar-refractivity contribution in [3.8, 4) is 0 Å². The van der Waals surface area contributed by atoms with Crippen LogP contribution in [0.15, 0.2) is 59.2 Å². The van der Waals surface area contributed by atoms with Crippen LogP contribution >= 0.6 is 27.5 Å². The Morgan fingerprint density at radius 3 is 2.58 bits per heavy atom. The van der Waals surface area contributed by atoms with Crippen molar-refractivity contribution in [3.05, 3.63) is 69.8 Å². The maximum atomic E-state index is 13.1. The Balaban J connectivity index is 1.60. The van der Waals surface area contributed by atoms with E-state index in [9.17, 15) is 18.0 Å². The lowest BCUT2D eigenvalue weighted by atomic mass is 10.2. The smallest absolute Gasteiger partial charge is 0.339 e. The molecule has 0 unspecified atom stereocenters. The van der Waals surface area contributed by atoms with E-state index in [0.29, 0.717) is 11.5 Å². The first kappa shape index (κ1) is 22.9. The van der Waals surface area contributed by atoms with Gasteiger partial charge in [-0.25, -0.2) is 4.79 Å². The molecule has 0 bridgehead atoms. The summed E-state index contributed by atoms with van der Waals surface area (Å²) >= 11 is 9.03. The van der Waals surface area contributed by atoms with Gasteiger partial charge in [-0.15, -0.1) is 0 Å². The zero-order chi connectivity index (χ0) is 23.8. The SMILES string of the molecule is Cn1ccc2c(Nc3cccc(Br)c3)nc(NC(=O)Nc3ccc(Cl)c(C(F)(F)F)c3)nc21. The average molecular weight is 540 g/mol. The van der Waals surface area contributed by atoms with Crippen molar-refractivity contribution in [3.63, 3.8) is 0 Å². The number of halogens is 5. The number of fused-ring (bicyclic) bond motifs is 1. The first-order chi connectivity index (χ1) is 15.6. The van der Waals surface area contributed by atoms with Gasteiger partial charge in [0.2, 0.25) is 5.95 Å². The van der Waals surface area contributed by atoms with E-state index in [1.165, 1.54) is 6.07 Å². The van der Waals surface area contributed by atoms with E-state index in [1.807, 2.05) is 30.3 Å². The topological polar surface area (TPSA) is 83.9 Å². The lowest BCUT2D eigenvalue weighted by Gasteiger charge is -2.13. The van der Waals surface area contributed by atoms with Gasteiger partial charge in [-0.05, 0) is 42.5 Å². The number of rotatable bonds is 4. The molecule has 0 saturated heterocycles. The van der Waals surface area contributed by atoms with E-state index in [-0.39, 0.29) is 11.6 Å². The quantitative estimate of drug-likeness (QED) is 0.267. The van der Waals surface area contributed by atoms with Crippen molar-refractivity contribution in [2.24, 2.45) is 7.05 Å². The van der Waals surface area contributed by atoms with Crippen LogP contribution in [-0.2, 0) is 13.2 Å². The highest BCUT2D eigenvalue weighted by atomic mass is 79.9. The zero-order valence-corrected chi connectivity index (χ0v) is 19.2. The second-order valence-electron chi connectivity index (χ2n) is 6.97. The summed E-state index contributed by atoms with van der Waals surface area (Å²) in [6.07, 6.45) is -2.86. The summed E-state index contributed by atoms with van der Waals surface area (Å²) in [7, 11) is 1.79. The van der Waals surface area contributed by atoms with Crippen LogP contribution in [0.25, 0.3) is 11.0 Å². The van der Waals surface area contributed by atoms with Gasteiger partial charge in [-0.3, -0.25) is 5.32 Å². The monoisotopic (exact) mass is 538 g/mol. The Morgan fingerprint density at radius 2 is 1.85 bits per heavy atom. The molecule has 2 amide bonds. The summed E-state index contributed by atoms with van der Waals surface area (Å²) < 4.78 is 41.8. The van der Waals surface area contributed by atoms with E-state index < -0.39 is 22.8 Å². The van der Waals surface area contributed by atoms with E-state index in [0.717, 1.165) is 27.7 Å². The standard InChI is InChI=1S/C21H15BrClF3N6O/c1-32-8-7-14-17(27-12-4-2-3-11(22)9-12)29-19(30-18(14)32)31-20(33)28-13-5-6-16(23)15(10-13)21(24,25)26/h2-10H,1H3,(H3,27,28,29,30,31,33). The number of carbonyl (C=O) groups is 1. The van der Waals surface area contributed by atoms with Gasteiger partial charge in [0, 0.05) is 29.1 Å². The molecule has 4 rings (SSSR count). The van der Waals surface area contributed by atoms with Gasteiger partial charge >= 0.3 is 12.2 Å². The van der Waals surface area contributed by atoms with Gasteiger partial charge in [0.25, 0.3) is 0 Å². The molecule has 3 N–H and O–H groups in total. The fourth-order valence-electron chi connectivity index (χ4n) is 3.08. The normalized spacial score (nSPS) is 11.5. The molecule has 170 valence electrons. The highest BCUT2D eigenvalue weighted by Gasteiger charge is 2.33. The molecule has 2 heterocycles. The molecule has 2 aromatic heterocycles. The number of carbonyl (C=O) groups excluding carboxylic acids is 1. The molecule has 0 aliphatic heterocycles. The van der Waals surface area contributed by atoms with Crippen LogP contribution in [0.3, 0.4) is 0 Å². The minimum absolute atomic E-state index is 0.0377. The number of hydrogen-bond donors (Lipinski definition) is 3. The molecule has 0 aliphatic rings. The van der Waals surface area contributed by atoms with E-state index in [1.54, 1.807) is 17.8 Å². The molecule has 4 aromatic rings. The molecule has 33 heavy (non-hydrogen) atoms. The Labute approximate surface area is 199 Å². The molecule has 0 atom stereocenters. The Bertz CT molecular complexity index is 1360. The molecule has 0 spiro atoms.